The van der Waals surface area contributed by atoms with Crippen LogP contribution in [0.2, 0.25) is 0 Å². The summed E-state index contributed by atoms with van der Waals surface area (Å²) in [6.45, 7) is 1.83. The highest BCUT2D eigenvalue weighted by Crippen LogP contribution is 2.25. The first-order valence-corrected chi connectivity index (χ1v) is 3.59. The van der Waals surface area contributed by atoms with Gasteiger partial charge in [0.2, 0.25) is 0 Å². The summed E-state index contributed by atoms with van der Waals surface area (Å²) in [6, 6.07) is 3.55. The van der Waals surface area contributed by atoms with Crippen molar-refractivity contribution in [2.45, 2.75) is 6.92 Å². The van der Waals surface area contributed by atoms with Crippen LogP contribution < -0.4 is 10.5 Å². The van der Waals surface area contributed by atoms with Gasteiger partial charge in [0.25, 0.3) is 0 Å². The molecule has 12 heavy (non-hydrogen) atoms. The molecule has 0 aromatic heterocycles. The van der Waals surface area contributed by atoms with Crippen LogP contribution in [0.4, 0.5) is 5.69 Å². The second-order valence-electron chi connectivity index (χ2n) is 2.53. The molecule has 3 nitrogen and oxygen atoms in total. The summed E-state index contributed by atoms with van der Waals surface area (Å²) in [5, 5.41) is 0. The lowest BCUT2D eigenvalue weighted by Crippen LogP contribution is -1.99. The fourth-order valence-corrected chi connectivity index (χ4v) is 1.06. The van der Waals surface area contributed by atoms with Crippen LogP contribution in [0.3, 0.4) is 0 Å². The molecular weight excluding hydrogens is 154 g/mol. The number of aldehydes is 1. The zero-order chi connectivity index (χ0) is 9.14. The minimum atomic E-state index is 0.410. The van der Waals surface area contributed by atoms with Crippen molar-refractivity contribution in [2.24, 2.45) is 0 Å². The van der Waals surface area contributed by atoms with Crippen molar-refractivity contribution in [1.82, 2.24) is 0 Å². The predicted molar refractivity (Wildman–Crippen MR) is 47.5 cm³/mol. The second kappa shape index (κ2) is 3.26. The van der Waals surface area contributed by atoms with E-state index >= 15 is 0 Å². The standard InChI is InChI=1S/C9H11NO2/c1-6-3-4-8(12-2)9(10)7(6)5-11/h3-5H,10H2,1-2H3. The van der Waals surface area contributed by atoms with Crippen LogP contribution in [-0.2, 0) is 0 Å². The molecule has 0 aliphatic rings. The SMILES string of the molecule is COc1ccc(C)c(C=O)c1N. The topological polar surface area (TPSA) is 52.3 Å². The van der Waals surface area contributed by atoms with Crippen LogP contribution in [0.25, 0.3) is 0 Å². The van der Waals surface area contributed by atoms with Gasteiger partial charge >= 0.3 is 0 Å². The molecule has 0 aliphatic carbocycles. The van der Waals surface area contributed by atoms with Crippen molar-refractivity contribution >= 4 is 12.0 Å². The molecule has 0 atom stereocenters. The summed E-state index contributed by atoms with van der Waals surface area (Å²) >= 11 is 0. The first-order valence-electron chi connectivity index (χ1n) is 3.59. The molecule has 0 radical (unpaired) electrons. The Labute approximate surface area is 71.1 Å². The molecule has 0 bridgehead atoms. The minimum Gasteiger partial charge on any atom is -0.495 e. The quantitative estimate of drug-likeness (QED) is 0.532. The monoisotopic (exact) mass is 165 g/mol. The zero-order valence-corrected chi connectivity index (χ0v) is 7.13. The third kappa shape index (κ3) is 1.25. The van der Waals surface area contributed by atoms with Gasteiger partial charge in [-0.2, -0.15) is 0 Å². The third-order valence-electron chi connectivity index (χ3n) is 1.80. The van der Waals surface area contributed by atoms with E-state index in [9.17, 15) is 4.79 Å². The van der Waals surface area contributed by atoms with Gasteiger partial charge < -0.3 is 10.5 Å². The zero-order valence-electron chi connectivity index (χ0n) is 7.13. The number of benzene rings is 1. The molecule has 0 fully saturated rings. The Morgan fingerprint density at radius 2 is 2.17 bits per heavy atom. The van der Waals surface area contributed by atoms with E-state index in [2.05, 4.69) is 0 Å². The lowest BCUT2D eigenvalue weighted by molar-refractivity contribution is 0.112. The van der Waals surface area contributed by atoms with Gasteiger partial charge in [0, 0.05) is 5.56 Å². The van der Waals surface area contributed by atoms with E-state index in [1.54, 1.807) is 12.1 Å². The maximum Gasteiger partial charge on any atom is 0.152 e. The molecule has 0 heterocycles. The molecule has 0 saturated carbocycles. The molecule has 0 amide bonds. The number of rotatable bonds is 2. The summed E-state index contributed by atoms with van der Waals surface area (Å²) in [7, 11) is 1.52. The molecule has 3 heteroatoms. The van der Waals surface area contributed by atoms with E-state index in [1.807, 2.05) is 6.92 Å². The summed E-state index contributed by atoms with van der Waals surface area (Å²) in [4.78, 5) is 10.6. The molecule has 1 aromatic carbocycles. The maximum atomic E-state index is 10.6. The van der Waals surface area contributed by atoms with Gasteiger partial charge in [0.15, 0.2) is 6.29 Å². The van der Waals surface area contributed by atoms with E-state index in [1.165, 1.54) is 7.11 Å². The molecule has 2 N–H and O–H groups in total. The van der Waals surface area contributed by atoms with Gasteiger partial charge in [-0.15, -0.1) is 0 Å². The summed E-state index contributed by atoms with van der Waals surface area (Å²) in [5.41, 5.74) is 7.43. The van der Waals surface area contributed by atoms with Gasteiger partial charge in [-0.3, -0.25) is 4.79 Å². The molecule has 0 saturated heterocycles. The highest BCUT2D eigenvalue weighted by molar-refractivity contribution is 5.87. The first kappa shape index (κ1) is 8.59. The second-order valence-corrected chi connectivity index (χ2v) is 2.53. The number of ether oxygens (including phenoxy) is 1. The van der Waals surface area contributed by atoms with Gasteiger partial charge in [-0.25, -0.2) is 0 Å². The maximum absolute atomic E-state index is 10.6. The van der Waals surface area contributed by atoms with Gasteiger partial charge in [-0.1, -0.05) is 6.07 Å². The Morgan fingerprint density at radius 1 is 1.50 bits per heavy atom. The Kier molecular flexibility index (Phi) is 2.33. The Balaban J connectivity index is 3.33. The fraction of sp³-hybridized carbons (Fsp3) is 0.222. The molecular formula is C9H11NO2. The van der Waals surface area contributed by atoms with Gasteiger partial charge in [-0.05, 0) is 18.6 Å². The first-order chi connectivity index (χ1) is 5.70. The Morgan fingerprint density at radius 3 is 2.67 bits per heavy atom. The fourth-order valence-electron chi connectivity index (χ4n) is 1.06. The number of nitrogens with two attached hydrogens (primary N) is 1. The average molecular weight is 165 g/mol. The van der Waals surface area contributed by atoms with Gasteiger partial charge in [0.1, 0.15) is 5.75 Å². The van der Waals surface area contributed by atoms with E-state index < -0.39 is 0 Å². The summed E-state index contributed by atoms with van der Waals surface area (Å²) < 4.78 is 4.96. The third-order valence-corrected chi connectivity index (χ3v) is 1.80. The number of carbonyl (C=O) groups excluding carboxylic acids is 1. The highest BCUT2D eigenvalue weighted by atomic mass is 16.5. The van der Waals surface area contributed by atoms with Crippen molar-refractivity contribution in [3.8, 4) is 5.75 Å². The molecule has 1 aromatic rings. The largest absolute Gasteiger partial charge is 0.495 e. The number of aryl methyl sites for hydroxylation is 1. The lowest BCUT2D eigenvalue weighted by Gasteiger charge is -2.07. The van der Waals surface area contributed by atoms with E-state index in [-0.39, 0.29) is 0 Å². The van der Waals surface area contributed by atoms with Crippen molar-refractivity contribution in [3.63, 3.8) is 0 Å². The van der Waals surface area contributed by atoms with E-state index in [4.69, 9.17) is 10.5 Å². The molecule has 64 valence electrons. The van der Waals surface area contributed by atoms with Crippen molar-refractivity contribution in [3.05, 3.63) is 23.3 Å². The summed E-state index contributed by atoms with van der Waals surface area (Å²) in [5.74, 6) is 0.544. The minimum absolute atomic E-state index is 0.410. The molecule has 0 spiro atoms. The van der Waals surface area contributed by atoms with Crippen LogP contribution in [-0.4, -0.2) is 13.4 Å². The number of carbonyl (C=O) groups is 1. The number of anilines is 1. The summed E-state index contributed by atoms with van der Waals surface area (Å²) in [6.07, 6.45) is 0.743. The van der Waals surface area contributed by atoms with Crippen molar-refractivity contribution in [1.29, 1.82) is 0 Å². The highest BCUT2D eigenvalue weighted by Gasteiger charge is 2.06. The number of hydrogen-bond donors (Lipinski definition) is 1. The number of hydrogen-bond acceptors (Lipinski definition) is 3. The Bertz CT molecular complexity index is 308. The van der Waals surface area contributed by atoms with E-state index in [0.29, 0.717) is 17.0 Å². The van der Waals surface area contributed by atoms with Crippen LogP contribution in [0.15, 0.2) is 12.1 Å². The van der Waals surface area contributed by atoms with Crippen molar-refractivity contribution < 1.29 is 9.53 Å². The van der Waals surface area contributed by atoms with Gasteiger partial charge in [0.05, 0.1) is 12.8 Å². The normalized spacial score (nSPS) is 9.50. The van der Waals surface area contributed by atoms with Crippen LogP contribution in [0.1, 0.15) is 15.9 Å². The number of nitrogen functional groups attached to an aromatic ring is 1. The average Bonchev–Trinajstić information content (AvgIpc) is 2.06. The van der Waals surface area contributed by atoms with E-state index in [0.717, 1.165) is 11.8 Å². The number of methoxy groups -OCH3 is 1. The lowest BCUT2D eigenvalue weighted by atomic mass is 10.1. The van der Waals surface area contributed by atoms with Crippen LogP contribution >= 0.6 is 0 Å². The predicted octanol–water partition coefficient (Wildman–Crippen LogP) is 1.40. The molecule has 1 rings (SSSR count). The van der Waals surface area contributed by atoms with Crippen molar-refractivity contribution in [2.75, 3.05) is 12.8 Å². The van der Waals surface area contributed by atoms with Crippen LogP contribution in [0, 0.1) is 6.92 Å². The molecule has 0 aliphatic heterocycles. The smallest absolute Gasteiger partial charge is 0.152 e. The Hall–Kier alpha value is -1.51. The van der Waals surface area contributed by atoms with Crippen LogP contribution in [0.5, 0.6) is 5.75 Å². The molecule has 0 unspecified atom stereocenters.